The highest BCUT2D eigenvalue weighted by molar-refractivity contribution is 5.80. The first-order valence-electron chi connectivity index (χ1n) is 7.32. The number of hydrogen-bond donors (Lipinski definition) is 2. The lowest BCUT2D eigenvalue weighted by molar-refractivity contribution is 0.297. The number of fused-ring (bicyclic) bond motifs is 2. The molecular weight excluding hydrogens is 254 g/mol. The van der Waals surface area contributed by atoms with Crippen LogP contribution in [0.2, 0.25) is 0 Å². The average molecular weight is 275 g/mol. The number of nitrogens with one attached hydrogen (secondary N) is 1. The van der Waals surface area contributed by atoms with Crippen molar-refractivity contribution in [1.29, 1.82) is 0 Å². The molecule has 2 heterocycles. The second kappa shape index (κ2) is 5.71. The minimum absolute atomic E-state index is 0.0380. The van der Waals surface area contributed by atoms with Gasteiger partial charge in [0.25, 0.3) is 0 Å². The Kier molecular flexibility index (Phi) is 3.78. The fourth-order valence-corrected chi connectivity index (χ4v) is 2.42. The molecule has 1 unspecified atom stereocenters. The van der Waals surface area contributed by atoms with Gasteiger partial charge in [-0.25, -0.2) is 4.98 Å². The summed E-state index contributed by atoms with van der Waals surface area (Å²) in [7, 11) is 0. The summed E-state index contributed by atoms with van der Waals surface area (Å²) in [4.78, 5) is 7.89. The van der Waals surface area contributed by atoms with Crippen LogP contribution in [0.1, 0.15) is 44.5 Å². The predicted molar refractivity (Wildman–Crippen MR) is 78.2 cm³/mol. The monoisotopic (exact) mass is 275 g/mol. The molecule has 0 saturated heterocycles. The molecule has 3 N–H and O–H groups in total. The number of aromatic nitrogens is 2. The van der Waals surface area contributed by atoms with E-state index < -0.39 is 0 Å². The number of aromatic amines is 1. The third kappa shape index (κ3) is 2.58. The zero-order chi connectivity index (χ0) is 13.9. The van der Waals surface area contributed by atoms with Crippen LogP contribution in [0, 0.1) is 0 Å². The maximum atomic E-state index is 6.17. The lowest BCUT2D eigenvalue weighted by atomic mass is 10.1. The molecule has 5 heteroatoms. The first-order valence-corrected chi connectivity index (χ1v) is 7.32. The number of nitrogens with zero attached hydrogens (tertiary/aromatic N) is 1. The summed E-state index contributed by atoms with van der Waals surface area (Å²) in [6.07, 6.45) is 4.11. The average Bonchev–Trinajstić information content (AvgIpc) is 2.73. The number of imidazole rings is 1. The summed E-state index contributed by atoms with van der Waals surface area (Å²) < 4.78 is 11.4. The van der Waals surface area contributed by atoms with Gasteiger partial charge in [-0.3, -0.25) is 0 Å². The van der Waals surface area contributed by atoms with E-state index in [9.17, 15) is 0 Å². The number of benzene rings is 1. The Morgan fingerprint density at radius 1 is 1.30 bits per heavy atom. The third-order valence-corrected chi connectivity index (χ3v) is 3.59. The van der Waals surface area contributed by atoms with Gasteiger partial charge < -0.3 is 20.2 Å². The number of unbranched alkanes of at least 4 members (excludes halogenated alkanes) is 1. The van der Waals surface area contributed by atoms with Gasteiger partial charge in [-0.1, -0.05) is 19.8 Å². The number of nitrogens with two attached hydrogens (primary N) is 1. The van der Waals surface area contributed by atoms with Gasteiger partial charge in [0.05, 0.1) is 30.3 Å². The number of rotatable bonds is 4. The van der Waals surface area contributed by atoms with Crippen molar-refractivity contribution in [3.8, 4) is 11.5 Å². The lowest BCUT2D eigenvalue weighted by Gasteiger charge is -2.06. The quantitative estimate of drug-likeness (QED) is 0.899. The SMILES string of the molecule is CCCCC(N)c1nc2cc3c(cc2[nH]1)OCCCO3. The summed E-state index contributed by atoms with van der Waals surface area (Å²) in [5.74, 6) is 2.40. The summed E-state index contributed by atoms with van der Waals surface area (Å²) in [6.45, 7) is 3.54. The Labute approximate surface area is 118 Å². The van der Waals surface area contributed by atoms with Gasteiger partial charge >= 0.3 is 0 Å². The van der Waals surface area contributed by atoms with Crippen LogP contribution in [-0.4, -0.2) is 23.2 Å². The van der Waals surface area contributed by atoms with Crippen molar-refractivity contribution in [2.45, 2.75) is 38.6 Å². The van der Waals surface area contributed by atoms with Gasteiger partial charge in [-0.15, -0.1) is 0 Å². The molecule has 1 aliphatic heterocycles. The molecule has 0 aliphatic carbocycles. The van der Waals surface area contributed by atoms with Crippen LogP contribution in [0.4, 0.5) is 0 Å². The van der Waals surface area contributed by atoms with E-state index in [1.165, 1.54) is 0 Å². The smallest absolute Gasteiger partial charge is 0.163 e. The molecule has 20 heavy (non-hydrogen) atoms. The first-order chi connectivity index (χ1) is 9.78. The Morgan fingerprint density at radius 3 is 2.80 bits per heavy atom. The number of H-pyrrole nitrogens is 1. The Hall–Kier alpha value is -1.75. The van der Waals surface area contributed by atoms with Crippen molar-refractivity contribution in [3.63, 3.8) is 0 Å². The van der Waals surface area contributed by atoms with E-state index in [0.29, 0.717) is 13.2 Å². The first kappa shape index (κ1) is 13.2. The molecule has 1 aliphatic rings. The van der Waals surface area contributed by atoms with Crippen LogP contribution in [0.3, 0.4) is 0 Å². The molecule has 0 bridgehead atoms. The second-order valence-corrected chi connectivity index (χ2v) is 5.24. The van der Waals surface area contributed by atoms with Crippen LogP contribution in [0.15, 0.2) is 12.1 Å². The van der Waals surface area contributed by atoms with Gasteiger partial charge in [0.1, 0.15) is 5.82 Å². The van der Waals surface area contributed by atoms with Gasteiger partial charge in [0.2, 0.25) is 0 Å². The van der Waals surface area contributed by atoms with Crippen molar-refractivity contribution in [1.82, 2.24) is 9.97 Å². The molecule has 108 valence electrons. The van der Waals surface area contributed by atoms with E-state index in [-0.39, 0.29) is 6.04 Å². The van der Waals surface area contributed by atoms with Crippen molar-refractivity contribution in [3.05, 3.63) is 18.0 Å². The highest BCUT2D eigenvalue weighted by Crippen LogP contribution is 2.33. The molecule has 2 aromatic rings. The fourth-order valence-electron chi connectivity index (χ4n) is 2.42. The molecular formula is C15H21N3O2. The van der Waals surface area contributed by atoms with Gasteiger partial charge in [-0.05, 0) is 6.42 Å². The summed E-state index contributed by atoms with van der Waals surface area (Å²) in [5.41, 5.74) is 8.01. The zero-order valence-corrected chi connectivity index (χ0v) is 11.8. The molecule has 1 atom stereocenters. The molecule has 0 spiro atoms. The van der Waals surface area contributed by atoms with Crippen molar-refractivity contribution < 1.29 is 9.47 Å². The normalized spacial score (nSPS) is 16.1. The third-order valence-electron chi connectivity index (χ3n) is 3.59. The molecule has 5 nitrogen and oxygen atoms in total. The molecule has 3 rings (SSSR count). The maximum Gasteiger partial charge on any atom is 0.163 e. The molecule has 0 fully saturated rings. The van der Waals surface area contributed by atoms with Crippen molar-refractivity contribution >= 4 is 11.0 Å². The van der Waals surface area contributed by atoms with Gasteiger partial charge in [0.15, 0.2) is 11.5 Å². The molecule has 0 saturated carbocycles. The van der Waals surface area contributed by atoms with Gasteiger partial charge in [-0.2, -0.15) is 0 Å². The van der Waals surface area contributed by atoms with Crippen molar-refractivity contribution in [2.75, 3.05) is 13.2 Å². The number of hydrogen-bond acceptors (Lipinski definition) is 4. The topological polar surface area (TPSA) is 73.2 Å². The predicted octanol–water partition coefficient (Wildman–Crippen LogP) is 2.91. The standard InChI is InChI=1S/C15H21N3O2/c1-2-3-5-10(16)15-17-11-8-13-14(9-12(11)18-15)20-7-4-6-19-13/h8-10H,2-7,16H2,1H3,(H,17,18). The van der Waals surface area contributed by atoms with Crippen molar-refractivity contribution in [2.24, 2.45) is 5.73 Å². The van der Waals surface area contributed by atoms with E-state index in [0.717, 1.165) is 54.0 Å². The van der Waals surface area contributed by atoms with Crippen LogP contribution in [0.25, 0.3) is 11.0 Å². The second-order valence-electron chi connectivity index (χ2n) is 5.24. The number of ether oxygens (including phenoxy) is 2. The molecule has 1 aromatic carbocycles. The summed E-state index contributed by atoms with van der Waals surface area (Å²) in [6, 6.07) is 3.85. The van der Waals surface area contributed by atoms with Gasteiger partial charge in [0, 0.05) is 18.6 Å². The summed E-state index contributed by atoms with van der Waals surface area (Å²) >= 11 is 0. The van der Waals surface area contributed by atoms with Crippen LogP contribution in [0.5, 0.6) is 11.5 Å². The Morgan fingerprint density at radius 2 is 2.05 bits per heavy atom. The largest absolute Gasteiger partial charge is 0.489 e. The molecule has 1 aromatic heterocycles. The Balaban J connectivity index is 1.91. The minimum Gasteiger partial charge on any atom is -0.489 e. The maximum absolute atomic E-state index is 6.17. The van der Waals surface area contributed by atoms with Crippen LogP contribution >= 0.6 is 0 Å². The van der Waals surface area contributed by atoms with E-state index in [1.807, 2.05) is 12.1 Å². The highest BCUT2D eigenvalue weighted by Gasteiger charge is 2.16. The molecule has 0 radical (unpaired) electrons. The van der Waals surface area contributed by atoms with E-state index >= 15 is 0 Å². The van der Waals surface area contributed by atoms with E-state index in [2.05, 4.69) is 16.9 Å². The Bertz CT molecular complexity index is 551. The fraction of sp³-hybridized carbons (Fsp3) is 0.533. The lowest BCUT2D eigenvalue weighted by Crippen LogP contribution is -2.11. The van der Waals surface area contributed by atoms with Crippen LogP contribution in [-0.2, 0) is 0 Å². The minimum atomic E-state index is -0.0380. The zero-order valence-electron chi connectivity index (χ0n) is 11.8. The van der Waals surface area contributed by atoms with Crippen LogP contribution < -0.4 is 15.2 Å². The molecule has 0 amide bonds. The van der Waals surface area contributed by atoms with E-state index in [4.69, 9.17) is 15.2 Å². The summed E-state index contributed by atoms with van der Waals surface area (Å²) in [5, 5.41) is 0. The van der Waals surface area contributed by atoms with E-state index in [1.54, 1.807) is 0 Å². The highest BCUT2D eigenvalue weighted by atomic mass is 16.5.